The van der Waals surface area contributed by atoms with E-state index in [1.165, 1.54) is 51.4 Å². The van der Waals surface area contributed by atoms with E-state index < -0.39 is 5.91 Å². The average Bonchev–Trinajstić information content (AvgIpc) is 2.56. The second-order valence-corrected chi connectivity index (χ2v) is 6.87. The average molecular weight is 347 g/mol. The van der Waals surface area contributed by atoms with Crippen LogP contribution in [0.25, 0.3) is 0 Å². The molecule has 0 unspecified atom stereocenters. The van der Waals surface area contributed by atoms with E-state index >= 15 is 0 Å². The van der Waals surface area contributed by atoms with Gasteiger partial charge in [-0.15, -0.1) is 0 Å². The van der Waals surface area contributed by atoms with Crippen molar-refractivity contribution in [3.05, 3.63) is 29.3 Å². The van der Waals surface area contributed by atoms with Crippen molar-refractivity contribution < 1.29 is 9.59 Å². The zero-order valence-corrected chi connectivity index (χ0v) is 15.9. The number of hydrogen-bond acceptors (Lipinski definition) is 2. The van der Waals surface area contributed by atoms with Gasteiger partial charge in [0.15, 0.2) is 0 Å². The third kappa shape index (κ3) is 9.28. The molecule has 0 aliphatic heterocycles. The van der Waals surface area contributed by atoms with Crippen LogP contribution in [0, 0.1) is 6.92 Å². The predicted octanol–water partition coefficient (Wildman–Crippen LogP) is 5.34. The van der Waals surface area contributed by atoms with Gasteiger partial charge < -0.3 is 11.1 Å². The normalized spacial score (nSPS) is 10.6. The Balaban J connectivity index is 2.11. The van der Waals surface area contributed by atoms with Gasteiger partial charge >= 0.3 is 0 Å². The molecule has 0 spiro atoms. The Morgan fingerprint density at radius 3 is 2.00 bits per heavy atom. The summed E-state index contributed by atoms with van der Waals surface area (Å²) in [5.41, 5.74) is 7.28. The number of nitrogens with two attached hydrogens (primary N) is 1. The Morgan fingerprint density at radius 1 is 0.920 bits per heavy atom. The summed E-state index contributed by atoms with van der Waals surface area (Å²) in [6, 6.07) is 5.17. The molecule has 0 aliphatic rings. The number of primary amides is 1. The molecule has 4 nitrogen and oxygen atoms in total. The first kappa shape index (κ1) is 21.2. The molecular weight excluding hydrogens is 312 g/mol. The molecule has 1 aromatic carbocycles. The second-order valence-electron chi connectivity index (χ2n) is 6.87. The van der Waals surface area contributed by atoms with Gasteiger partial charge in [0.05, 0.1) is 0 Å². The van der Waals surface area contributed by atoms with Gasteiger partial charge in [-0.1, -0.05) is 64.7 Å². The number of benzene rings is 1. The lowest BCUT2D eigenvalue weighted by atomic mass is 10.1. The van der Waals surface area contributed by atoms with E-state index in [0.29, 0.717) is 12.0 Å². The van der Waals surface area contributed by atoms with Crippen molar-refractivity contribution in [1.29, 1.82) is 0 Å². The molecule has 3 N–H and O–H groups in total. The fraction of sp³-hybridized carbons (Fsp3) is 0.619. The van der Waals surface area contributed by atoms with Crippen molar-refractivity contribution in [2.24, 2.45) is 5.73 Å². The fourth-order valence-electron chi connectivity index (χ4n) is 3.01. The molecule has 2 amide bonds. The quantitative estimate of drug-likeness (QED) is 0.473. The van der Waals surface area contributed by atoms with Gasteiger partial charge in [-0.05, 0) is 37.1 Å². The first-order valence-electron chi connectivity index (χ1n) is 9.75. The number of carbonyl (C=O) groups is 2. The van der Waals surface area contributed by atoms with Crippen molar-refractivity contribution >= 4 is 17.5 Å². The lowest BCUT2D eigenvalue weighted by Gasteiger charge is -2.08. The topological polar surface area (TPSA) is 72.2 Å². The van der Waals surface area contributed by atoms with Crippen molar-refractivity contribution in [3.8, 4) is 0 Å². The first-order valence-corrected chi connectivity index (χ1v) is 9.75. The number of rotatable bonds is 13. The van der Waals surface area contributed by atoms with Crippen molar-refractivity contribution in [1.82, 2.24) is 0 Å². The minimum Gasteiger partial charge on any atom is -0.366 e. The highest BCUT2D eigenvalue weighted by atomic mass is 16.1. The maximum Gasteiger partial charge on any atom is 0.248 e. The molecule has 0 fully saturated rings. The van der Waals surface area contributed by atoms with E-state index in [-0.39, 0.29) is 5.91 Å². The van der Waals surface area contributed by atoms with Gasteiger partial charge in [-0.25, -0.2) is 0 Å². The summed E-state index contributed by atoms with van der Waals surface area (Å²) in [6.07, 6.45) is 13.2. The van der Waals surface area contributed by atoms with Crippen molar-refractivity contribution in [2.45, 2.75) is 84.5 Å². The molecule has 0 saturated carbocycles. The summed E-state index contributed by atoms with van der Waals surface area (Å²) in [4.78, 5) is 23.2. The maximum atomic E-state index is 12.0. The van der Waals surface area contributed by atoms with Crippen LogP contribution in [-0.4, -0.2) is 11.8 Å². The summed E-state index contributed by atoms with van der Waals surface area (Å²) in [7, 11) is 0. The number of carbonyl (C=O) groups excluding carboxylic acids is 2. The molecule has 1 aromatic rings. The lowest BCUT2D eigenvalue weighted by Crippen LogP contribution is -2.14. The molecule has 0 heterocycles. The Labute approximate surface area is 152 Å². The largest absolute Gasteiger partial charge is 0.366 e. The van der Waals surface area contributed by atoms with Crippen LogP contribution in [0.1, 0.15) is 93.5 Å². The number of unbranched alkanes of at least 4 members (excludes halogenated alkanes) is 9. The highest BCUT2D eigenvalue weighted by Crippen LogP contribution is 2.16. The van der Waals surface area contributed by atoms with E-state index in [1.807, 2.05) is 6.92 Å². The highest BCUT2D eigenvalue weighted by molar-refractivity contribution is 5.96. The minimum atomic E-state index is -0.444. The van der Waals surface area contributed by atoms with E-state index in [1.54, 1.807) is 18.2 Å². The van der Waals surface area contributed by atoms with Crippen LogP contribution < -0.4 is 11.1 Å². The van der Waals surface area contributed by atoms with Crippen LogP contribution in [0.3, 0.4) is 0 Å². The van der Waals surface area contributed by atoms with Gasteiger partial charge in [0, 0.05) is 17.7 Å². The lowest BCUT2D eigenvalue weighted by molar-refractivity contribution is -0.116. The molecule has 0 saturated heterocycles. The number of aryl methyl sites for hydroxylation is 1. The Bertz CT molecular complexity index is 541. The zero-order valence-electron chi connectivity index (χ0n) is 15.9. The van der Waals surface area contributed by atoms with Crippen LogP contribution in [0.5, 0.6) is 0 Å². The van der Waals surface area contributed by atoms with Gasteiger partial charge in [0.25, 0.3) is 0 Å². The van der Waals surface area contributed by atoms with E-state index in [4.69, 9.17) is 5.73 Å². The minimum absolute atomic E-state index is 0.0331. The summed E-state index contributed by atoms with van der Waals surface area (Å²) in [5.74, 6) is -0.411. The maximum absolute atomic E-state index is 12.0. The summed E-state index contributed by atoms with van der Waals surface area (Å²) in [6.45, 7) is 4.06. The molecule has 4 heteroatoms. The molecule has 0 atom stereocenters. The third-order valence-corrected chi connectivity index (χ3v) is 4.53. The predicted molar refractivity (Wildman–Crippen MR) is 105 cm³/mol. The van der Waals surface area contributed by atoms with Crippen LogP contribution in [0.2, 0.25) is 0 Å². The van der Waals surface area contributed by atoms with Crippen molar-refractivity contribution in [3.63, 3.8) is 0 Å². The monoisotopic (exact) mass is 346 g/mol. The zero-order chi connectivity index (χ0) is 18.5. The molecule has 1 rings (SSSR count). The van der Waals surface area contributed by atoms with Crippen LogP contribution in [0.4, 0.5) is 5.69 Å². The number of amides is 2. The van der Waals surface area contributed by atoms with Gasteiger partial charge in [0.2, 0.25) is 11.8 Å². The molecule has 0 aliphatic carbocycles. The Hall–Kier alpha value is -1.84. The summed E-state index contributed by atoms with van der Waals surface area (Å²) >= 11 is 0. The van der Waals surface area contributed by atoms with Crippen LogP contribution >= 0.6 is 0 Å². The van der Waals surface area contributed by atoms with Crippen molar-refractivity contribution in [2.75, 3.05) is 5.32 Å². The second kappa shape index (κ2) is 12.5. The van der Waals surface area contributed by atoms with E-state index in [9.17, 15) is 9.59 Å². The molecule has 0 bridgehead atoms. The van der Waals surface area contributed by atoms with Crippen LogP contribution in [0.15, 0.2) is 18.2 Å². The summed E-state index contributed by atoms with van der Waals surface area (Å²) in [5, 5.41) is 2.89. The molecular formula is C21H34N2O2. The molecule has 0 aromatic heterocycles. The van der Waals surface area contributed by atoms with Crippen LogP contribution in [-0.2, 0) is 4.79 Å². The summed E-state index contributed by atoms with van der Waals surface area (Å²) < 4.78 is 0. The number of nitrogens with one attached hydrogen (secondary N) is 1. The smallest absolute Gasteiger partial charge is 0.248 e. The molecule has 140 valence electrons. The third-order valence-electron chi connectivity index (χ3n) is 4.53. The highest BCUT2D eigenvalue weighted by Gasteiger charge is 2.07. The number of anilines is 1. The van der Waals surface area contributed by atoms with E-state index in [0.717, 1.165) is 24.1 Å². The molecule has 25 heavy (non-hydrogen) atoms. The standard InChI is InChI=1S/C21H34N2O2/c1-3-4-5-6-7-8-9-10-11-12-13-20(24)23-18-14-15-19(21(22)25)17(2)16-18/h14-16H,3-13H2,1-2H3,(H2,22,25)(H,23,24). The fourth-order valence-corrected chi connectivity index (χ4v) is 3.01. The SMILES string of the molecule is CCCCCCCCCCCCC(=O)Nc1ccc(C(N)=O)c(C)c1. The van der Waals surface area contributed by atoms with Gasteiger partial charge in [-0.3, -0.25) is 9.59 Å². The van der Waals surface area contributed by atoms with Gasteiger partial charge in [-0.2, -0.15) is 0 Å². The first-order chi connectivity index (χ1) is 12.0. The van der Waals surface area contributed by atoms with Gasteiger partial charge in [0.1, 0.15) is 0 Å². The Kier molecular flexibility index (Phi) is 10.6. The van der Waals surface area contributed by atoms with E-state index in [2.05, 4.69) is 12.2 Å². The number of hydrogen-bond donors (Lipinski definition) is 2. The molecule has 0 radical (unpaired) electrons. The Morgan fingerprint density at radius 2 is 1.48 bits per heavy atom.